The third-order valence-corrected chi connectivity index (χ3v) is 7.81. The fourth-order valence-electron chi connectivity index (χ4n) is 4.42. The van der Waals surface area contributed by atoms with E-state index in [4.69, 9.17) is 11.6 Å². The Morgan fingerprint density at radius 1 is 1.14 bits per heavy atom. The van der Waals surface area contributed by atoms with E-state index in [1.807, 2.05) is 6.07 Å². The van der Waals surface area contributed by atoms with Crippen molar-refractivity contribution in [3.8, 4) is 0 Å². The number of benzene rings is 2. The van der Waals surface area contributed by atoms with Crippen molar-refractivity contribution < 1.29 is 22.4 Å². The minimum absolute atomic E-state index is 0.0365. The highest BCUT2D eigenvalue weighted by atomic mass is 35.5. The van der Waals surface area contributed by atoms with Gasteiger partial charge in [0.25, 0.3) is 0 Å². The van der Waals surface area contributed by atoms with E-state index in [1.165, 1.54) is 29.2 Å². The maximum Gasteiger partial charge on any atom is 0.242 e. The molecule has 7 nitrogen and oxygen atoms in total. The molecule has 1 aliphatic carbocycles. The Morgan fingerprint density at radius 3 is 2.42 bits per heavy atom. The summed E-state index contributed by atoms with van der Waals surface area (Å²) in [5.41, 5.74) is 1.12. The summed E-state index contributed by atoms with van der Waals surface area (Å²) >= 11 is 6.12. The Hall–Kier alpha value is -2.65. The fourth-order valence-corrected chi connectivity index (χ4v) is 5.60. The number of carbonyl (C=O) groups is 2. The Labute approximate surface area is 217 Å². The molecule has 2 aromatic rings. The quantitative estimate of drug-likeness (QED) is 0.457. The van der Waals surface area contributed by atoms with Crippen LogP contribution in [-0.4, -0.2) is 50.0 Å². The summed E-state index contributed by atoms with van der Waals surface area (Å²) < 4.78 is 39.1. The Balaban J connectivity index is 1.71. The highest BCUT2D eigenvalue weighted by Gasteiger charge is 2.28. The van der Waals surface area contributed by atoms with E-state index in [1.54, 1.807) is 25.1 Å². The van der Waals surface area contributed by atoms with Gasteiger partial charge in [-0.3, -0.25) is 13.9 Å². The average molecular weight is 538 g/mol. The summed E-state index contributed by atoms with van der Waals surface area (Å²) in [6.07, 6.45) is 5.36. The zero-order chi connectivity index (χ0) is 26.3. The van der Waals surface area contributed by atoms with E-state index in [0.29, 0.717) is 10.7 Å². The van der Waals surface area contributed by atoms with E-state index in [-0.39, 0.29) is 43.8 Å². The second-order valence-corrected chi connectivity index (χ2v) is 11.6. The van der Waals surface area contributed by atoms with Crippen LogP contribution in [0.25, 0.3) is 0 Å². The van der Waals surface area contributed by atoms with E-state index < -0.39 is 21.9 Å². The van der Waals surface area contributed by atoms with Gasteiger partial charge in [0.1, 0.15) is 11.9 Å². The van der Waals surface area contributed by atoms with Crippen molar-refractivity contribution >= 4 is 39.1 Å². The summed E-state index contributed by atoms with van der Waals surface area (Å²) in [7, 11) is -3.64. The van der Waals surface area contributed by atoms with Gasteiger partial charge in [0.05, 0.1) is 11.9 Å². The maximum atomic E-state index is 13.3. The van der Waals surface area contributed by atoms with Crippen LogP contribution in [0.5, 0.6) is 0 Å². The second-order valence-electron chi connectivity index (χ2n) is 9.23. The van der Waals surface area contributed by atoms with Crippen LogP contribution in [0.2, 0.25) is 5.02 Å². The standard InChI is InChI=1S/C26H33ClFN3O4S/c1-19(26(33)29-23-9-3-4-10-23)30(18-20-7-5-8-21(27)17-20)25(32)11-6-16-31(36(2,34)35)24-14-12-22(28)13-15-24/h5,7-8,12-15,17,19,23H,3-4,6,9-11,16,18H2,1-2H3,(H,29,33). The lowest BCUT2D eigenvalue weighted by atomic mass is 10.1. The van der Waals surface area contributed by atoms with Crippen LogP contribution in [0.4, 0.5) is 10.1 Å². The van der Waals surface area contributed by atoms with E-state index in [0.717, 1.165) is 41.8 Å². The number of hydrogen-bond donors (Lipinski definition) is 1. The molecule has 0 bridgehead atoms. The number of rotatable bonds is 11. The molecular weight excluding hydrogens is 505 g/mol. The molecule has 0 radical (unpaired) electrons. The van der Waals surface area contributed by atoms with E-state index in [2.05, 4.69) is 5.32 Å². The molecule has 1 atom stereocenters. The minimum atomic E-state index is -3.64. The van der Waals surface area contributed by atoms with Crippen molar-refractivity contribution in [1.29, 1.82) is 0 Å². The zero-order valence-corrected chi connectivity index (χ0v) is 22.2. The molecule has 0 saturated heterocycles. The van der Waals surface area contributed by atoms with Gasteiger partial charge in [-0.15, -0.1) is 0 Å². The fraction of sp³-hybridized carbons (Fsp3) is 0.462. The molecule has 1 aliphatic rings. The van der Waals surface area contributed by atoms with Crippen LogP contribution < -0.4 is 9.62 Å². The summed E-state index contributed by atoms with van der Waals surface area (Å²) in [5, 5.41) is 3.59. The maximum absolute atomic E-state index is 13.3. The Kier molecular flexibility index (Phi) is 9.73. The Bertz CT molecular complexity index is 1150. The topological polar surface area (TPSA) is 86.8 Å². The van der Waals surface area contributed by atoms with Gasteiger partial charge < -0.3 is 10.2 Å². The van der Waals surface area contributed by atoms with Gasteiger partial charge in [0, 0.05) is 30.6 Å². The summed E-state index contributed by atoms with van der Waals surface area (Å²) in [4.78, 5) is 27.8. The molecule has 2 aromatic carbocycles. The number of carbonyl (C=O) groups excluding carboxylic acids is 2. The molecule has 0 aromatic heterocycles. The third kappa shape index (κ3) is 7.93. The lowest BCUT2D eigenvalue weighted by molar-refractivity contribution is -0.141. The molecule has 1 N–H and O–H groups in total. The van der Waals surface area contributed by atoms with Gasteiger partial charge in [0.2, 0.25) is 21.8 Å². The van der Waals surface area contributed by atoms with Crippen LogP contribution in [0.1, 0.15) is 51.0 Å². The highest BCUT2D eigenvalue weighted by Crippen LogP contribution is 2.21. The lowest BCUT2D eigenvalue weighted by Crippen LogP contribution is -2.49. The molecule has 3 rings (SSSR count). The second kappa shape index (κ2) is 12.5. The van der Waals surface area contributed by atoms with E-state index in [9.17, 15) is 22.4 Å². The molecule has 10 heteroatoms. The number of amides is 2. The van der Waals surface area contributed by atoms with Crippen molar-refractivity contribution in [2.45, 2.75) is 64.1 Å². The van der Waals surface area contributed by atoms with E-state index >= 15 is 0 Å². The molecule has 196 valence electrons. The van der Waals surface area contributed by atoms with Crippen molar-refractivity contribution in [2.75, 3.05) is 17.1 Å². The summed E-state index contributed by atoms with van der Waals surface area (Å²) in [5.74, 6) is -0.943. The number of nitrogens with zero attached hydrogens (tertiary/aromatic N) is 2. The molecule has 0 heterocycles. The molecule has 36 heavy (non-hydrogen) atoms. The SMILES string of the molecule is CC(C(=O)NC1CCCC1)N(Cc1cccc(Cl)c1)C(=O)CCCN(c1ccc(F)cc1)S(C)(=O)=O. The number of anilines is 1. The van der Waals surface area contributed by atoms with Crippen LogP contribution in [0.3, 0.4) is 0 Å². The van der Waals surface area contributed by atoms with Gasteiger partial charge >= 0.3 is 0 Å². The minimum Gasteiger partial charge on any atom is -0.352 e. The first-order valence-corrected chi connectivity index (χ1v) is 14.3. The van der Waals surface area contributed by atoms with Crippen LogP contribution >= 0.6 is 11.6 Å². The Morgan fingerprint density at radius 2 is 1.81 bits per heavy atom. The zero-order valence-electron chi connectivity index (χ0n) is 20.6. The molecular formula is C26H33ClFN3O4S. The van der Waals surface area contributed by atoms with Gasteiger partial charge in [-0.1, -0.05) is 36.6 Å². The molecule has 2 amide bonds. The first-order valence-electron chi connectivity index (χ1n) is 12.1. The number of sulfonamides is 1. The smallest absolute Gasteiger partial charge is 0.242 e. The molecule has 1 unspecified atom stereocenters. The van der Waals surface area contributed by atoms with Crippen molar-refractivity contribution in [3.63, 3.8) is 0 Å². The number of halogens is 2. The molecule has 1 saturated carbocycles. The largest absolute Gasteiger partial charge is 0.352 e. The van der Waals surface area contributed by atoms with Crippen LogP contribution in [0, 0.1) is 5.82 Å². The number of nitrogens with one attached hydrogen (secondary N) is 1. The number of hydrogen-bond acceptors (Lipinski definition) is 4. The highest BCUT2D eigenvalue weighted by molar-refractivity contribution is 7.92. The normalized spacial score (nSPS) is 14.9. The van der Waals surface area contributed by atoms with Crippen molar-refractivity contribution in [1.82, 2.24) is 10.2 Å². The predicted molar refractivity (Wildman–Crippen MR) is 140 cm³/mol. The first kappa shape index (κ1) is 27.9. The van der Waals surface area contributed by atoms with Crippen LogP contribution in [0.15, 0.2) is 48.5 Å². The molecule has 0 aliphatic heterocycles. The van der Waals surface area contributed by atoms with Gasteiger partial charge in [-0.2, -0.15) is 0 Å². The van der Waals surface area contributed by atoms with Crippen molar-refractivity contribution in [3.05, 3.63) is 64.9 Å². The van der Waals surface area contributed by atoms with Gasteiger partial charge in [-0.25, -0.2) is 12.8 Å². The van der Waals surface area contributed by atoms with Crippen LogP contribution in [-0.2, 0) is 26.2 Å². The van der Waals surface area contributed by atoms with Gasteiger partial charge in [-0.05, 0) is 68.1 Å². The summed E-state index contributed by atoms with van der Waals surface area (Å²) in [6.45, 7) is 1.95. The van der Waals surface area contributed by atoms with Crippen molar-refractivity contribution in [2.24, 2.45) is 0 Å². The summed E-state index contributed by atoms with van der Waals surface area (Å²) in [6, 6.07) is 11.7. The van der Waals surface area contributed by atoms with Gasteiger partial charge in [0.15, 0.2) is 0 Å². The molecule has 0 spiro atoms. The molecule has 1 fully saturated rings. The predicted octanol–water partition coefficient (Wildman–Crippen LogP) is 4.50. The first-order chi connectivity index (χ1) is 17.0. The third-order valence-electron chi connectivity index (χ3n) is 6.38. The monoisotopic (exact) mass is 537 g/mol. The lowest BCUT2D eigenvalue weighted by Gasteiger charge is -2.30. The average Bonchev–Trinajstić information content (AvgIpc) is 3.33.